The number of carboxylic acid groups (broad SMARTS) is 1. The van der Waals surface area contributed by atoms with E-state index in [0.717, 1.165) is 18.4 Å². The molecule has 1 fully saturated rings. The highest BCUT2D eigenvalue weighted by molar-refractivity contribution is 6.30. The summed E-state index contributed by atoms with van der Waals surface area (Å²) in [6, 6.07) is 4.27. The van der Waals surface area contributed by atoms with Crippen molar-refractivity contribution in [3.63, 3.8) is 0 Å². The minimum absolute atomic E-state index is 0.109. The summed E-state index contributed by atoms with van der Waals surface area (Å²) in [5, 5.41) is 12.2. The van der Waals surface area contributed by atoms with Gasteiger partial charge in [0.15, 0.2) is 0 Å². The Hall–Kier alpha value is -1.13. The number of piperidine rings is 1. The molecule has 1 saturated heterocycles. The Morgan fingerprint density at radius 1 is 1.50 bits per heavy atom. The molecule has 1 aliphatic rings. The van der Waals surface area contributed by atoms with Gasteiger partial charge in [0.1, 0.15) is 11.9 Å². The van der Waals surface area contributed by atoms with Crippen LogP contribution in [0.4, 0.5) is 4.39 Å². The van der Waals surface area contributed by atoms with E-state index in [1.165, 1.54) is 6.07 Å². The molecule has 1 aromatic rings. The minimum Gasteiger partial charge on any atom is -0.480 e. The number of halogens is 2. The van der Waals surface area contributed by atoms with Crippen LogP contribution in [0.3, 0.4) is 0 Å². The Morgan fingerprint density at radius 2 is 2.28 bits per heavy atom. The van der Waals surface area contributed by atoms with Gasteiger partial charge < -0.3 is 10.4 Å². The molecule has 0 radical (unpaired) electrons. The lowest BCUT2D eigenvalue weighted by atomic mass is 9.94. The van der Waals surface area contributed by atoms with Crippen LogP contribution >= 0.6 is 11.6 Å². The summed E-state index contributed by atoms with van der Waals surface area (Å²) in [6.45, 7) is 0. The maximum Gasteiger partial charge on any atom is 0.320 e. The van der Waals surface area contributed by atoms with Crippen molar-refractivity contribution in [2.75, 3.05) is 0 Å². The van der Waals surface area contributed by atoms with Crippen molar-refractivity contribution in [2.24, 2.45) is 0 Å². The Morgan fingerprint density at radius 3 is 2.94 bits per heavy atom. The van der Waals surface area contributed by atoms with Gasteiger partial charge in [-0.3, -0.25) is 4.79 Å². The fourth-order valence-electron chi connectivity index (χ4n) is 2.33. The molecule has 2 N–H and O–H groups in total. The summed E-state index contributed by atoms with van der Waals surface area (Å²) < 4.78 is 13.0. The lowest BCUT2D eigenvalue weighted by Crippen LogP contribution is -2.47. The Kier molecular flexibility index (Phi) is 4.19. The monoisotopic (exact) mass is 271 g/mol. The molecule has 3 nitrogen and oxygen atoms in total. The molecule has 18 heavy (non-hydrogen) atoms. The quantitative estimate of drug-likeness (QED) is 0.888. The Bertz CT molecular complexity index is 453. The van der Waals surface area contributed by atoms with Gasteiger partial charge in [-0.15, -0.1) is 0 Å². The molecule has 2 atom stereocenters. The highest BCUT2D eigenvalue weighted by atomic mass is 35.5. The SMILES string of the molecule is O=C(O)C1CCCC(Cc2ccc(F)c(Cl)c2)N1. The lowest BCUT2D eigenvalue weighted by Gasteiger charge is -2.28. The van der Waals surface area contributed by atoms with Crippen LogP contribution in [0.1, 0.15) is 24.8 Å². The molecule has 0 spiro atoms. The van der Waals surface area contributed by atoms with E-state index in [2.05, 4.69) is 5.32 Å². The second kappa shape index (κ2) is 5.67. The molecular formula is C13H15ClFNO2. The molecule has 1 heterocycles. The predicted molar refractivity (Wildman–Crippen MR) is 67.3 cm³/mol. The number of nitrogens with one attached hydrogen (secondary N) is 1. The summed E-state index contributed by atoms with van der Waals surface area (Å²) >= 11 is 5.72. The fraction of sp³-hybridized carbons (Fsp3) is 0.462. The summed E-state index contributed by atoms with van der Waals surface area (Å²) in [7, 11) is 0. The van der Waals surface area contributed by atoms with Crippen LogP contribution < -0.4 is 5.32 Å². The second-order valence-electron chi connectivity index (χ2n) is 4.64. The zero-order valence-electron chi connectivity index (χ0n) is 9.83. The standard InChI is InChI=1S/C13H15ClFNO2/c14-10-7-8(4-5-11(10)15)6-9-2-1-3-12(16-9)13(17)18/h4-5,7,9,12,16H,1-3,6H2,(H,17,18). The average molecular weight is 272 g/mol. The van der Waals surface area contributed by atoms with E-state index >= 15 is 0 Å². The molecule has 0 bridgehead atoms. The normalized spacial score (nSPS) is 23.9. The summed E-state index contributed by atoms with van der Waals surface area (Å²) in [6.07, 6.45) is 3.15. The van der Waals surface area contributed by atoms with Crippen LogP contribution in [0, 0.1) is 5.82 Å². The fourth-order valence-corrected chi connectivity index (χ4v) is 2.53. The van der Waals surface area contributed by atoms with E-state index in [4.69, 9.17) is 16.7 Å². The van der Waals surface area contributed by atoms with E-state index in [1.807, 2.05) is 0 Å². The molecular weight excluding hydrogens is 257 g/mol. The molecule has 1 aliphatic heterocycles. The lowest BCUT2D eigenvalue weighted by molar-refractivity contribution is -0.140. The zero-order chi connectivity index (χ0) is 13.1. The summed E-state index contributed by atoms with van der Waals surface area (Å²) in [4.78, 5) is 10.9. The van der Waals surface area contributed by atoms with Crippen LogP contribution in [-0.4, -0.2) is 23.2 Å². The van der Waals surface area contributed by atoms with Gasteiger partial charge in [0.2, 0.25) is 0 Å². The van der Waals surface area contributed by atoms with Crippen molar-refractivity contribution in [3.8, 4) is 0 Å². The summed E-state index contributed by atoms with van der Waals surface area (Å²) in [5.41, 5.74) is 0.921. The topological polar surface area (TPSA) is 49.3 Å². The molecule has 1 aromatic carbocycles. The first-order valence-electron chi connectivity index (χ1n) is 5.99. The molecule has 0 aromatic heterocycles. The highest BCUT2D eigenvalue weighted by Gasteiger charge is 2.25. The van der Waals surface area contributed by atoms with Crippen LogP contribution in [0.25, 0.3) is 0 Å². The average Bonchev–Trinajstić information content (AvgIpc) is 2.34. The first-order chi connectivity index (χ1) is 8.56. The van der Waals surface area contributed by atoms with Gasteiger partial charge in [0.25, 0.3) is 0 Å². The molecule has 0 aliphatic carbocycles. The number of hydrogen-bond acceptors (Lipinski definition) is 2. The van der Waals surface area contributed by atoms with Crippen molar-refractivity contribution < 1.29 is 14.3 Å². The maximum atomic E-state index is 13.0. The van der Waals surface area contributed by atoms with E-state index in [0.29, 0.717) is 12.8 Å². The molecule has 2 unspecified atom stereocenters. The largest absolute Gasteiger partial charge is 0.480 e. The molecule has 0 saturated carbocycles. The number of benzene rings is 1. The first kappa shape index (κ1) is 13.3. The van der Waals surface area contributed by atoms with E-state index < -0.39 is 17.8 Å². The second-order valence-corrected chi connectivity index (χ2v) is 5.05. The minimum atomic E-state index is -0.808. The summed E-state index contributed by atoms with van der Waals surface area (Å²) in [5.74, 6) is -1.24. The van der Waals surface area contributed by atoms with Crippen molar-refractivity contribution in [3.05, 3.63) is 34.6 Å². The van der Waals surface area contributed by atoms with Crippen LogP contribution in [0.2, 0.25) is 5.02 Å². The number of carboxylic acids is 1. The van der Waals surface area contributed by atoms with Gasteiger partial charge in [0.05, 0.1) is 5.02 Å². The van der Waals surface area contributed by atoms with E-state index in [9.17, 15) is 9.18 Å². The molecule has 2 rings (SSSR count). The van der Waals surface area contributed by atoms with E-state index in [-0.39, 0.29) is 11.1 Å². The zero-order valence-corrected chi connectivity index (χ0v) is 10.6. The Labute approximate surface area is 110 Å². The van der Waals surface area contributed by atoms with Gasteiger partial charge in [-0.25, -0.2) is 4.39 Å². The third-order valence-electron chi connectivity index (χ3n) is 3.25. The number of aliphatic carboxylic acids is 1. The van der Waals surface area contributed by atoms with Crippen molar-refractivity contribution in [1.82, 2.24) is 5.32 Å². The predicted octanol–water partition coefficient (Wildman–Crippen LogP) is 2.62. The van der Waals surface area contributed by atoms with Crippen LogP contribution in [0.5, 0.6) is 0 Å². The van der Waals surface area contributed by atoms with Gasteiger partial charge in [-0.1, -0.05) is 17.7 Å². The number of hydrogen-bond donors (Lipinski definition) is 2. The van der Waals surface area contributed by atoms with E-state index in [1.54, 1.807) is 12.1 Å². The van der Waals surface area contributed by atoms with Gasteiger partial charge in [-0.05, 0) is 43.4 Å². The van der Waals surface area contributed by atoms with Gasteiger partial charge >= 0.3 is 5.97 Å². The smallest absolute Gasteiger partial charge is 0.320 e. The molecule has 0 amide bonds. The van der Waals surface area contributed by atoms with Crippen LogP contribution in [0.15, 0.2) is 18.2 Å². The molecule has 98 valence electrons. The third kappa shape index (κ3) is 3.21. The van der Waals surface area contributed by atoms with Crippen molar-refractivity contribution >= 4 is 17.6 Å². The number of rotatable bonds is 3. The Balaban J connectivity index is 2.00. The maximum absolute atomic E-state index is 13.0. The van der Waals surface area contributed by atoms with Crippen molar-refractivity contribution in [2.45, 2.75) is 37.8 Å². The van der Waals surface area contributed by atoms with Gasteiger partial charge in [-0.2, -0.15) is 0 Å². The molecule has 5 heteroatoms. The highest BCUT2D eigenvalue weighted by Crippen LogP contribution is 2.20. The number of carbonyl (C=O) groups is 1. The van der Waals surface area contributed by atoms with Gasteiger partial charge in [0, 0.05) is 6.04 Å². The first-order valence-corrected chi connectivity index (χ1v) is 6.37. The van der Waals surface area contributed by atoms with Crippen molar-refractivity contribution in [1.29, 1.82) is 0 Å². The third-order valence-corrected chi connectivity index (χ3v) is 3.54. The van der Waals surface area contributed by atoms with Crippen LogP contribution in [-0.2, 0) is 11.2 Å².